The largest absolute Gasteiger partial charge is 0.510 e. The Morgan fingerprint density at radius 2 is 2.12 bits per heavy atom. The molecule has 0 aliphatic heterocycles. The van der Waals surface area contributed by atoms with Gasteiger partial charge in [-0.25, -0.2) is 9.97 Å². The number of hydrogen-bond acceptors (Lipinski definition) is 6. The standard InChI is InChI=1S/C23H18ClN5O2S/c1-3-10-29-22(31)15-9-8-14(24)11-19(15)28-23(29)32-13(2)20(30)16(12-25)21-26-17-6-4-5-7-18(17)27-21/h3-9,11,13,30H,1,10H2,2H3,(H,26,27)/b20-16-. The SMILES string of the molecule is C=CCn1c(SC(C)/C(O)=C(\C#N)c2nc3ccccc3[nH]2)nc2cc(Cl)ccc2c1=O. The quantitative estimate of drug-likeness (QED) is 0.136. The Kier molecular flexibility index (Phi) is 6.04. The molecule has 1 unspecified atom stereocenters. The van der Waals surface area contributed by atoms with Gasteiger partial charge in [0.1, 0.15) is 17.4 Å². The van der Waals surface area contributed by atoms with Gasteiger partial charge in [-0.2, -0.15) is 5.26 Å². The van der Waals surface area contributed by atoms with Gasteiger partial charge < -0.3 is 10.1 Å². The minimum atomic E-state index is -0.586. The minimum absolute atomic E-state index is 0.0302. The summed E-state index contributed by atoms with van der Waals surface area (Å²) >= 11 is 7.24. The van der Waals surface area contributed by atoms with E-state index in [1.165, 1.54) is 4.57 Å². The van der Waals surface area contributed by atoms with E-state index in [4.69, 9.17) is 11.6 Å². The maximum absolute atomic E-state index is 13.0. The molecule has 0 bridgehead atoms. The predicted molar refractivity (Wildman–Crippen MR) is 128 cm³/mol. The van der Waals surface area contributed by atoms with Gasteiger partial charge >= 0.3 is 0 Å². The number of allylic oxidation sites excluding steroid dienone is 2. The van der Waals surface area contributed by atoms with E-state index in [1.54, 1.807) is 31.2 Å². The Morgan fingerprint density at radius 3 is 2.84 bits per heavy atom. The fourth-order valence-electron chi connectivity index (χ4n) is 3.27. The molecule has 2 aromatic heterocycles. The number of aromatic amines is 1. The van der Waals surface area contributed by atoms with E-state index in [1.807, 2.05) is 30.3 Å². The number of H-pyrrole nitrogens is 1. The highest BCUT2D eigenvalue weighted by molar-refractivity contribution is 7.99. The molecule has 0 amide bonds. The molecule has 4 rings (SSSR count). The number of rotatable bonds is 6. The van der Waals surface area contributed by atoms with Crippen molar-refractivity contribution in [3.63, 3.8) is 0 Å². The highest BCUT2D eigenvalue weighted by Crippen LogP contribution is 2.30. The maximum atomic E-state index is 13.0. The topological polar surface area (TPSA) is 108 Å². The van der Waals surface area contributed by atoms with Gasteiger partial charge in [0.15, 0.2) is 11.0 Å². The summed E-state index contributed by atoms with van der Waals surface area (Å²) in [6, 6.07) is 14.3. The van der Waals surface area contributed by atoms with Gasteiger partial charge in [0.25, 0.3) is 5.56 Å². The second kappa shape index (κ2) is 8.91. The van der Waals surface area contributed by atoms with E-state index >= 15 is 0 Å². The summed E-state index contributed by atoms with van der Waals surface area (Å²) in [6.45, 7) is 5.69. The molecule has 2 N–H and O–H groups in total. The molecule has 0 spiro atoms. The number of aliphatic hydroxyl groups excluding tert-OH is 1. The monoisotopic (exact) mass is 463 g/mol. The van der Waals surface area contributed by atoms with Crippen molar-refractivity contribution in [2.75, 3.05) is 0 Å². The van der Waals surface area contributed by atoms with E-state index in [2.05, 4.69) is 21.5 Å². The number of nitrogens with one attached hydrogen (secondary N) is 1. The molecular formula is C23H18ClN5O2S. The smallest absolute Gasteiger partial charge is 0.262 e. The average Bonchev–Trinajstić information content (AvgIpc) is 3.20. The number of halogens is 1. The molecule has 0 saturated heterocycles. The first-order valence-corrected chi connectivity index (χ1v) is 10.9. The summed E-state index contributed by atoms with van der Waals surface area (Å²) < 4.78 is 1.48. The zero-order chi connectivity index (χ0) is 22.8. The van der Waals surface area contributed by atoms with Crippen LogP contribution in [-0.2, 0) is 6.54 Å². The fraction of sp³-hybridized carbons (Fsp3) is 0.130. The molecular weight excluding hydrogens is 446 g/mol. The van der Waals surface area contributed by atoms with Crippen molar-refractivity contribution >= 4 is 50.9 Å². The first kappa shape index (κ1) is 21.7. The molecule has 0 fully saturated rings. The molecule has 0 saturated carbocycles. The number of thioether (sulfide) groups is 1. The van der Waals surface area contributed by atoms with Gasteiger partial charge in [0.2, 0.25) is 0 Å². The van der Waals surface area contributed by atoms with E-state index in [9.17, 15) is 15.2 Å². The number of hydrogen-bond donors (Lipinski definition) is 2. The van der Waals surface area contributed by atoms with Crippen LogP contribution in [0.2, 0.25) is 5.02 Å². The first-order chi connectivity index (χ1) is 15.4. The third-order valence-electron chi connectivity index (χ3n) is 4.86. The number of benzene rings is 2. The predicted octanol–water partition coefficient (Wildman–Crippen LogP) is 5.09. The maximum Gasteiger partial charge on any atom is 0.262 e. The number of imidazole rings is 1. The fourth-order valence-corrected chi connectivity index (χ4v) is 4.42. The molecule has 160 valence electrons. The molecule has 0 aliphatic carbocycles. The highest BCUT2D eigenvalue weighted by Gasteiger charge is 2.22. The second-order valence-electron chi connectivity index (χ2n) is 6.99. The van der Waals surface area contributed by atoms with Crippen molar-refractivity contribution in [1.82, 2.24) is 19.5 Å². The van der Waals surface area contributed by atoms with Crippen LogP contribution in [0.5, 0.6) is 0 Å². The van der Waals surface area contributed by atoms with Crippen molar-refractivity contribution in [1.29, 1.82) is 5.26 Å². The van der Waals surface area contributed by atoms with Crippen molar-refractivity contribution in [3.8, 4) is 6.07 Å². The zero-order valence-electron chi connectivity index (χ0n) is 17.0. The number of nitriles is 1. The molecule has 9 heteroatoms. The van der Waals surface area contributed by atoms with Crippen LogP contribution in [0.4, 0.5) is 0 Å². The van der Waals surface area contributed by atoms with Crippen molar-refractivity contribution in [2.45, 2.75) is 23.9 Å². The molecule has 0 radical (unpaired) electrons. The zero-order valence-corrected chi connectivity index (χ0v) is 18.6. The molecule has 4 aromatic rings. The van der Waals surface area contributed by atoms with Crippen LogP contribution in [0, 0.1) is 11.3 Å². The van der Waals surface area contributed by atoms with E-state index in [-0.39, 0.29) is 29.3 Å². The summed E-state index contributed by atoms with van der Waals surface area (Å²) in [5.74, 6) is 0.113. The minimum Gasteiger partial charge on any atom is -0.510 e. The molecule has 32 heavy (non-hydrogen) atoms. The van der Waals surface area contributed by atoms with Crippen LogP contribution in [0.1, 0.15) is 12.7 Å². The molecule has 2 heterocycles. The van der Waals surface area contributed by atoms with Gasteiger partial charge in [-0.1, -0.05) is 41.6 Å². The Bertz CT molecular complexity index is 1450. The first-order valence-electron chi connectivity index (χ1n) is 9.69. The third-order valence-corrected chi connectivity index (χ3v) is 6.19. The number of para-hydroxylation sites is 2. The lowest BCUT2D eigenvalue weighted by Gasteiger charge is -2.16. The summed E-state index contributed by atoms with van der Waals surface area (Å²) in [4.78, 5) is 25.0. The van der Waals surface area contributed by atoms with Crippen LogP contribution in [0.25, 0.3) is 27.5 Å². The average molecular weight is 464 g/mol. The Hall–Kier alpha value is -3.54. The number of aliphatic hydroxyl groups is 1. The lowest BCUT2D eigenvalue weighted by atomic mass is 10.2. The van der Waals surface area contributed by atoms with E-state index in [0.29, 0.717) is 26.6 Å². The van der Waals surface area contributed by atoms with E-state index in [0.717, 1.165) is 17.3 Å². The van der Waals surface area contributed by atoms with Crippen molar-refractivity contribution < 1.29 is 5.11 Å². The number of nitrogens with zero attached hydrogens (tertiary/aromatic N) is 4. The van der Waals surface area contributed by atoms with Gasteiger partial charge in [0.05, 0.1) is 27.2 Å². The summed E-state index contributed by atoms with van der Waals surface area (Å²) in [5.41, 5.74) is 1.71. The van der Waals surface area contributed by atoms with Crippen molar-refractivity contribution in [2.24, 2.45) is 0 Å². The molecule has 1 atom stereocenters. The van der Waals surface area contributed by atoms with Crippen molar-refractivity contribution in [3.05, 3.63) is 82.1 Å². The van der Waals surface area contributed by atoms with Gasteiger partial charge in [-0.3, -0.25) is 9.36 Å². The molecule has 2 aromatic carbocycles. The number of aromatic nitrogens is 4. The van der Waals surface area contributed by atoms with Crippen LogP contribution in [0.3, 0.4) is 0 Å². The Morgan fingerprint density at radius 1 is 1.34 bits per heavy atom. The second-order valence-corrected chi connectivity index (χ2v) is 8.74. The van der Waals surface area contributed by atoms with Crippen LogP contribution in [0.15, 0.2) is 70.8 Å². The normalized spacial score (nSPS) is 13.0. The summed E-state index contributed by atoms with van der Waals surface area (Å²) in [6.07, 6.45) is 1.60. The van der Waals surface area contributed by atoms with Gasteiger partial charge in [-0.05, 0) is 37.3 Å². The lowest BCUT2D eigenvalue weighted by molar-refractivity contribution is 0.401. The summed E-state index contributed by atoms with van der Waals surface area (Å²) in [5, 5.41) is 21.3. The van der Waals surface area contributed by atoms with Crippen LogP contribution >= 0.6 is 23.4 Å². The Labute approximate surface area is 192 Å². The van der Waals surface area contributed by atoms with E-state index < -0.39 is 5.25 Å². The molecule has 7 nitrogen and oxygen atoms in total. The third kappa shape index (κ3) is 4.00. The summed E-state index contributed by atoms with van der Waals surface area (Å²) in [7, 11) is 0. The Balaban J connectivity index is 1.77. The lowest BCUT2D eigenvalue weighted by Crippen LogP contribution is -2.23. The van der Waals surface area contributed by atoms with Gasteiger partial charge in [0, 0.05) is 11.6 Å². The number of fused-ring (bicyclic) bond motifs is 2. The van der Waals surface area contributed by atoms with Crippen LogP contribution in [-0.4, -0.2) is 29.9 Å². The molecule has 0 aliphatic rings. The van der Waals surface area contributed by atoms with Gasteiger partial charge in [-0.15, -0.1) is 6.58 Å². The van der Waals surface area contributed by atoms with Crippen LogP contribution < -0.4 is 5.56 Å². The highest BCUT2D eigenvalue weighted by atomic mass is 35.5.